The zero-order valence-corrected chi connectivity index (χ0v) is 12.8. The number of amides is 2. The minimum absolute atomic E-state index is 0.362. The van der Waals surface area contributed by atoms with E-state index in [4.69, 9.17) is 0 Å². The SMILES string of the molecule is Cc1ccc(NC(=O)C(=O)N/N=C\c2ccc(F)cc2)c(C)c1. The first-order chi connectivity index (χ1) is 11.0. The molecule has 0 saturated heterocycles. The molecule has 6 heteroatoms. The molecule has 0 unspecified atom stereocenters. The maximum Gasteiger partial charge on any atom is 0.329 e. The Hall–Kier alpha value is -3.02. The van der Waals surface area contributed by atoms with E-state index in [1.807, 2.05) is 26.0 Å². The predicted octanol–water partition coefficient (Wildman–Crippen LogP) is 2.53. The molecule has 0 aromatic heterocycles. The number of carbonyl (C=O) groups excluding carboxylic acids is 2. The second-order valence-corrected chi connectivity index (χ2v) is 5.02. The Kier molecular flexibility index (Phi) is 5.19. The number of benzene rings is 2. The molecule has 2 N–H and O–H groups in total. The number of hydrogen-bond acceptors (Lipinski definition) is 3. The van der Waals surface area contributed by atoms with E-state index in [0.717, 1.165) is 11.1 Å². The number of anilines is 1. The minimum Gasteiger partial charge on any atom is -0.317 e. The van der Waals surface area contributed by atoms with Gasteiger partial charge in [-0.15, -0.1) is 0 Å². The van der Waals surface area contributed by atoms with Gasteiger partial charge in [-0.25, -0.2) is 9.82 Å². The van der Waals surface area contributed by atoms with Gasteiger partial charge in [-0.3, -0.25) is 9.59 Å². The van der Waals surface area contributed by atoms with Crippen LogP contribution in [-0.2, 0) is 9.59 Å². The summed E-state index contributed by atoms with van der Waals surface area (Å²) in [5.74, 6) is -2.06. The van der Waals surface area contributed by atoms with E-state index < -0.39 is 11.8 Å². The van der Waals surface area contributed by atoms with Gasteiger partial charge < -0.3 is 5.32 Å². The molecule has 2 rings (SSSR count). The lowest BCUT2D eigenvalue weighted by Crippen LogP contribution is -2.32. The third-order valence-electron chi connectivity index (χ3n) is 3.09. The fraction of sp³-hybridized carbons (Fsp3) is 0.118. The number of nitrogens with one attached hydrogen (secondary N) is 2. The number of hydrazone groups is 1. The van der Waals surface area contributed by atoms with Gasteiger partial charge in [0.25, 0.3) is 0 Å². The Balaban J connectivity index is 1.92. The highest BCUT2D eigenvalue weighted by Crippen LogP contribution is 2.15. The number of hydrogen-bond donors (Lipinski definition) is 2. The molecule has 5 nitrogen and oxygen atoms in total. The van der Waals surface area contributed by atoms with Crippen molar-refractivity contribution in [2.45, 2.75) is 13.8 Å². The average Bonchev–Trinajstić information content (AvgIpc) is 2.51. The molecule has 2 amide bonds. The summed E-state index contributed by atoms with van der Waals surface area (Å²) in [7, 11) is 0. The fourth-order valence-electron chi connectivity index (χ4n) is 1.90. The van der Waals surface area contributed by atoms with Gasteiger partial charge in [0, 0.05) is 5.69 Å². The van der Waals surface area contributed by atoms with E-state index in [9.17, 15) is 14.0 Å². The highest BCUT2D eigenvalue weighted by atomic mass is 19.1. The van der Waals surface area contributed by atoms with Gasteiger partial charge in [-0.05, 0) is 43.2 Å². The smallest absolute Gasteiger partial charge is 0.317 e. The molecular formula is C17H16FN3O2. The van der Waals surface area contributed by atoms with Crippen LogP contribution in [-0.4, -0.2) is 18.0 Å². The lowest BCUT2D eigenvalue weighted by molar-refractivity contribution is -0.136. The quantitative estimate of drug-likeness (QED) is 0.519. The van der Waals surface area contributed by atoms with E-state index >= 15 is 0 Å². The summed E-state index contributed by atoms with van der Waals surface area (Å²) < 4.78 is 12.7. The summed E-state index contributed by atoms with van der Waals surface area (Å²) in [5.41, 5.74) is 5.21. The van der Waals surface area contributed by atoms with Crippen LogP contribution in [0.15, 0.2) is 47.6 Å². The molecule has 2 aromatic rings. The molecule has 0 aliphatic heterocycles. The van der Waals surface area contributed by atoms with Crippen molar-refractivity contribution in [2.24, 2.45) is 5.10 Å². The van der Waals surface area contributed by atoms with E-state index in [1.165, 1.54) is 30.5 Å². The monoisotopic (exact) mass is 313 g/mol. The highest BCUT2D eigenvalue weighted by molar-refractivity contribution is 6.39. The molecular weight excluding hydrogens is 297 g/mol. The Morgan fingerprint density at radius 1 is 1.04 bits per heavy atom. The van der Waals surface area contributed by atoms with Gasteiger partial charge in [0.1, 0.15) is 5.82 Å². The van der Waals surface area contributed by atoms with Crippen LogP contribution in [0.5, 0.6) is 0 Å². The van der Waals surface area contributed by atoms with Crippen molar-refractivity contribution in [1.82, 2.24) is 5.43 Å². The minimum atomic E-state index is -0.886. The molecule has 0 heterocycles. The molecule has 0 radical (unpaired) electrons. The van der Waals surface area contributed by atoms with Crippen LogP contribution in [0.3, 0.4) is 0 Å². The van der Waals surface area contributed by atoms with E-state index in [-0.39, 0.29) is 5.82 Å². The topological polar surface area (TPSA) is 70.6 Å². The van der Waals surface area contributed by atoms with Crippen LogP contribution in [0.4, 0.5) is 10.1 Å². The Morgan fingerprint density at radius 3 is 2.39 bits per heavy atom. The standard InChI is InChI=1S/C17H16FN3O2/c1-11-3-8-15(12(2)9-11)20-16(22)17(23)21-19-10-13-4-6-14(18)7-5-13/h3-10H,1-2H3,(H,20,22)(H,21,23)/b19-10-. The molecule has 0 fully saturated rings. The second kappa shape index (κ2) is 7.31. The third-order valence-corrected chi connectivity index (χ3v) is 3.09. The van der Waals surface area contributed by atoms with Gasteiger partial charge in [0.15, 0.2) is 0 Å². The maximum atomic E-state index is 12.7. The Bertz CT molecular complexity index is 755. The Morgan fingerprint density at radius 2 is 1.74 bits per heavy atom. The normalized spacial score (nSPS) is 10.6. The maximum absolute atomic E-state index is 12.7. The molecule has 0 spiro atoms. The largest absolute Gasteiger partial charge is 0.329 e. The molecule has 0 aliphatic rings. The predicted molar refractivity (Wildman–Crippen MR) is 86.7 cm³/mol. The van der Waals surface area contributed by atoms with E-state index in [1.54, 1.807) is 6.07 Å². The number of carbonyl (C=O) groups is 2. The summed E-state index contributed by atoms with van der Waals surface area (Å²) in [6, 6.07) is 11.0. The van der Waals surface area contributed by atoms with Crippen molar-refractivity contribution in [3.63, 3.8) is 0 Å². The van der Waals surface area contributed by atoms with Crippen LogP contribution >= 0.6 is 0 Å². The zero-order chi connectivity index (χ0) is 16.8. The zero-order valence-electron chi connectivity index (χ0n) is 12.8. The van der Waals surface area contributed by atoms with Crippen molar-refractivity contribution >= 4 is 23.7 Å². The van der Waals surface area contributed by atoms with Gasteiger partial charge in [0.05, 0.1) is 6.21 Å². The van der Waals surface area contributed by atoms with E-state index in [0.29, 0.717) is 11.3 Å². The molecule has 23 heavy (non-hydrogen) atoms. The molecule has 2 aromatic carbocycles. The molecule has 0 atom stereocenters. The lowest BCUT2D eigenvalue weighted by atomic mass is 10.1. The van der Waals surface area contributed by atoms with Crippen LogP contribution < -0.4 is 10.7 Å². The lowest BCUT2D eigenvalue weighted by Gasteiger charge is -2.08. The molecule has 0 saturated carbocycles. The first-order valence-electron chi connectivity index (χ1n) is 6.93. The highest BCUT2D eigenvalue weighted by Gasteiger charge is 2.13. The van der Waals surface area contributed by atoms with Crippen molar-refractivity contribution in [2.75, 3.05) is 5.32 Å². The van der Waals surface area contributed by atoms with Crippen molar-refractivity contribution in [3.8, 4) is 0 Å². The number of nitrogens with zero attached hydrogens (tertiary/aromatic N) is 1. The first kappa shape index (κ1) is 16.4. The van der Waals surface area contributed by atoms with Crippen molar-refractivity contribution in [3.05, 3.63) is 65.0 Å². The average molecular weight is 313 g/mol. The van der Waals surface area contributed by atoms with Gasteiger partial charge in [-0.2, -0.15) is 5.10 Å². The van der Waals surface area contributed by atoms with Crippen LogP contribution in [0.25, 0.3) is 0 Å². The molecule has 118 valence electrons. The van der Waals surface area contributed by atoms with Crippen LogP contribution in [0, 0.1) is 19.7 Å². The van der Waals surface area contributed by atoms with Crippen LogP contribution in [0.2, 0.25) is 0 Å². The van der Waals surface area contributed by atoms with Crippen molar-refractivity contribution in [1.29, 1.82) is 0 Å². The number of aryl methyl sites for hydroxylation is 2. The summed E-state index contributed by atoms with van der Waals surface area (Å²) >= 11 is 0. The first-order valence-corrected chi connectivity index (χ1v) is 6.93. The van der Waals surface area contributed by atoms with Gasteiger partial charge in [-0.1, -0.05) is 29.8 Å². The van der Waals surface area contributed by atoms with E-state index in [2.05, 4.69) is 15.8 Å². The van der Waals surface area contributed by atoms with Crippen molar-refractivity contribution < 1.29 is 14.0 Å². The van der Waals surface area contributed by atoms with Gasteiger partial charge in [0.2, 0.25) is 0 Å². The van der Waals surface area contributed by atoms with Crippen LogP contribution in [0.1, 0.15) is 16.7 Å². The third kappa shape index (κ3) is 4.74. The summed E-state index contributed by atoms with van der Waals surface area (Å²) in [6.07, 6.45) is 1.32. The number of halogens is 1. The molecule has 0 bridgehead atoms. The molecule has 0 aliphatic carbocycles. The number of rotatable bonds is 3. The summed E-state index contributed by atoms with van der Waals surface area (Å²) in [6.45, 7) is 3.78. The van der Waals surface area contributed by atoms with Gasteiger partial charge >= 0.3 is 11.8 Å². The second-order valence-electron chi connectivity index (χ2n) is 5.02. The summed E-state index contributed by atoms with van der Waals surface area (Å²) in [4.78, 5) is 23.5. The fourth-order valence-corrected chi connectivity index (χ4v) is 1.90. The Labute approximate surface area is 133 Å². The summed E-state index contributed by atoms with van der Waals surface area (Å²) in [5, 5.41) is 6.18.